The number of hydrogen-bond acceptors (Lipinski definition) is 3. The van der Waals surface area contributed by atoms with Crippen LogP contribution in [0.1, 0.15) is 40.6 Å². The summed E-state index contributed by atoms with van der Waals surface area (Å²) in [5.74, 6) is 0.720. The molecule has 1 heterocycles. The summed E-state index contributed by atoms with van der Waals surface area (Å²) >= 11 is 1.39. The summed E-state index contributed by atoms with van der Waals surface area (Å²) in [6, 6.07) is 9.61. The van der Waals surface area contributed by atoms with Gasteiger partial charge in [0.2, 0.25) is 0 Å². The molecule has 0 unspecified atom stereocenters. The zero-order valence-electron chi connectivity index (χ0n) is 10.8. The zero-order chi connectivity index (χ0) is 13.1. The van der Waals surface area contributed by atoms with E-state index in [2.05, 4.69) is 13.8 Å². The molecule has 2 nitrogen and oxygen atoms in total. The minimum absolute atomic E-state index is 0.280. The van der Waals surface area contributed by atoms with E-state index in [-0.39, 0.29) is 5.97 Å². The van der Waals surface area contributed by atoms with Crippen LogP contribution in [0, 0.1) is 6.92 Å². The SMILES string of the molecule is Cc1ccc(C(C)C)c(OC(=O)c2cccs2)c1. The van der Waals surface area contributed by atoms with Gasteiger partial charge >= 0.3 is 5.97 Å². The molecule has 0 radical (unpaired) electrons. The van der Waals surface area contributed by atoms with E-state index in [4.69, 9.17) is 4.74 Å². The molecule has 94 valence electrons. The molecule has 0 bridgehead atoms. The van der Waals surface area contributed by atoms with Crippen molar-refractivity contribution in [3.63, 3.8) is 0 Å². The van der Waals surface area contributed by atoms with Crippen molar-refractivity contribution in [3.05, 3.63) is 51.7 Å². The summed E-state index contributed by atoms with van der Waals surface area (Å²) in [5, 5.41) is 1.87. The molecule has 2 aromatic rings. The van der Waals surface area contributed by atoms with Crippen molar-refractivity contribution >= 4 is 17.3 Å². The summed E-state index contributed by atoms with van der Waals surface area (Å²) < 4.78 is 5.50. The molecule has 0 amide bonds. The topological polar surface area (TPSA) is 26.3 Å². The normalized spacial score (nSPS) is 10.7. The number of hydrogen-bond donors (Lipinski definition) is 0. The van der Waals surface area contributed by atoms with Crippen LogP contribution in [-0.4, -0.2) is 5.97 Å². The van der Waals surface area contributed by atoms with Crippen molar-refractivity contribution in [2.45, 2.75) is 26.7 Å². The number of carbonyl (C=O) groups excluding carboxylic acids is 1. The summed E-state index contributed by atoms with van der Waals surface area (Å²) in [6.07, 6.45) is 0. The van der Waals surface area contributed by atoms with Crippen LogP contribution in [0.15, 0.2) is 35.7 Å². The van der Waals surface area contributed by atoms with Crippen molar-refractivity contribution in [2.24, 2.45) is 0 Å². The van der Waals surface area contributed by atoms with Gasteiger partial charge in [0, 0.05) is 0 Å². The van der Waals surface area contributed by atoms with Crippen LogP contribution in [-0.2, 0) is 0 Å². The highest BCUT2D eigenvalue weighted by molar-refractivity contribution is 7.12. The molecule has 0 fully saturated rings. The predicted octanol–water partition coefficient (Wildman–Crippen LogP) is 4.40. The Balaban J connectivity index is 2.28. The molecule has 0 spiro atoms. The number of thiophene rings is 1. The van der Waals surface area contributed by atoms with E-state index in [1.54, 1.807) is 6.07 Å². The van der Waals surface area contributed by atoms with Crippen LogP contribution in [0.25, 0.3) is 0 Å². The molecule has 0 atom stereocenters. The summed E-state index contributed by atoms with van der Waals surface area (Å²) in [5.41, 5.74) is 2.15. The van der Waals surface area contributed by atoms with Crippen molar-refractivity contribution in [2.75, 3.05) is 0 Å². The second-order valence-electron chi connectivity index (χ2n) is 4.56. The molecule has 0 saturated carbocycles. The Bertz CT molecular complexity index is 542. The fraction of sp³-hybridized carbons (Fsp3) is 0.267. The summed E-state index contributed by atoms with van der Waals surface area (Å²) in [4.78, 5) is 12.6. The van der Waals surface area contributed by atoms with E-state index < -0.39 is 0 Å². The van der Waals surface area contributed by atoms with E-state index in [0.717, 1.165) is 11.1 Å². The Morgan fingerprint density at radius 3 is 2.67 bits per heavy atom. The maximum absolute atomic E-state index is 11.9. The molecule has 0 aliphatic carbocycles. The highest BCUT2D eigenvalue weighted by Crippen LogP contribution is 2.28. The zero-order valence-corrected chi connectivity index (χ0v) is 11.6. The molecule has 0 aliphatic rings. The van der Waals surface area contributed by atoms with Crippen molar-refractivity contribution < 1.29 is 9.53 Å². The quantitative estimate of drug-likeness (QED) is 0.604. The smallest absolute Gasteiger partial charge is 0.353 e. The van der Waals surface area contributed by atoms with Crippen molar-refractivity contribution in [1.82, 2.24) is 0 Å². The maximum Gasteiger partial charge on any atom is 0.353 e. The van der Waals surface area contributed by atoms with Gasteiger partial charge in [0.25, 0.3) is 0 Å². The first kappa shape index (κ1) is 12.8. The fourth-order valence-electron chi connectivity index (χ4n) is 1.75. The molecule has 0 saturated heterocycles. The van der Waals surface area contributed by atoms with Gasteiger partial charge in [0.15, 0.2) is 0 Å². The third-order valence-corrected chi connectivity index (χ3v) is 3.57. The molecule has 18 heavy (non-hydrogen) atoms. The van der Waals surface area contributed by atoms with Crippen molar-refractivity contribution in [1.29, 1.82) is 0 Å². The highest BCUT2D eigenvalue weighted by Gasteiger charge is 2.14. The lowest BCUT2D eigenvalue weighted by Crippen LogP contribution is -2.08. The second-order valence-corrected chi connectivity index (χ2v) is 5.51. The van der Waals surface area contributed by atoms with Crippen LogP contribution < -0.4 is 4.74 Å². The van der Waals surface area contributed by atoms with Crippen molar-refractivity contribution in [3.8, 4) is 5.75 Å². The lowest BCUT2D eigenvalue weighted by atomic mass is 10.0. The Morgan fingerprint density at radius 2 is 2.06 bits per heavy atom. The first-order chi connectivity index (χ1) is 8.58. The van der Waals surface area contributed by atoms with E-state index in [9.17, 15) is 4.79 Å². The van der Waals surface area contributed by atoms with Gasteiger partial charge in [0.05, 0.1) is 0 Å². The molecular weight excluding hydrogens is 244 g/mol. The maximum atomic E-state index is 11.9. The largest absolute Gasteiger partial charge is 0.422 e. The van der Waals surface area contributed by atoms with Gasteiger partial charge < -0.3 is 4.74 Å². The molecule has 0 aliphatic heterocycles. The van der Waals surface area contributed by atoms with Gasteiger partial charge in [-0.3, -0.25) is 0 Å². The third-order valence-electron chi connectivity index (χ3n) is 2.72. The molecule has 1 aromatic heterocycles. The second kappa shape index (κ2) is 5.36. The van der Waals surface area contributed by atoms with Gasteiger partial charge in [-0.1, -0.05) is 32.0 Å². The van der Waals surface area contributed by atoms with Crippen LogP contribution >= 0.6 is 11.3 Å². The van der Waals surface area contributed by atoms with Gasteiger partial charge in [-0.2, -0.15) is 0 Å². The highest BCUT2D eigenvalue weighted by atomic mass is 32.1. The van der Waals surface area contributed by atoms with E-state index >= 15 is 0 Å². The Morgan fingerprint density at radius 1 is 1.28 bits per heavy atom. The van der Waals surface area contributed by atoms with Gasteiger partial charge in [-0.05, 0) is 41.5 Å². The predicted molar refractivity (Wildman–Crippen MR) is 74.5 cm³/mol. The van der Waals surface area contributed by atoms with Crippen LogP contribution in [0.3, 0.4) is 0 Å². The number of carbonyl (C=O) groups is 1. The van der Waals surface area contributed by atoms with Crippen LogP contribution in [0.4, 0.5) is 0 Å². The number of ether oxygens (including phenoxy) is 1. The van der Waals surface area contributed by atoms with E-state index in [1.807, 2.05) is 36.6 Å². The number of benzene rings is 1. The van der Waals surface area contributed by atoms with Gasteiger partial charge in [-0.15, -0.1) is 11.3 Å². The third kappa shape index (κ3) is 2.79. The molecule has 0 N–H and O–H groups in total. The van der Waals surface area contributed by atoms with E-state index in [1.165, 1.54) is 11.3 Å². The average Bonchev–Trinajstić information content (AvgIpc) is 2.81. The lowest BCUT2D eigenvalue weighted by molar-refractivity contribution is 0.0738. The molecule has 1 aromatic carbocycles. The Labute approximate surface area is 111 Å². The van der Waals surface area contributed by atoms with Gasteiger partial charge in [-0.25, -0.2) is 4.79 Å². The monoisotopic (exact) mass is 260 g/mol. The van der Waals surface area contributed by atoms with Crippen LogP contribution in [0.2, 0.25) is 0 Å². The minimum atomic E-state index is -0.280. The molecule has 3 heteroatoms. The molecule has 2 rings (SSSR count). The fourth-order valence-corrected chi connectivity index (χ4v) is 2.35. The molecular formula is C15H16O2S. The minimum Gasteiger partial charge on any atom is -0.422 e. The summed E-state index contributed by atoms with van der Waals surface area (Å²) in [6.45, 7) is 6.17. The Hall–Kier alpha value is -1.61. The Kier molecular flexibility index (Phi) is 3.82. The first-order valence-corrected chi connectivity index (χ1v) is 6.82. The number of rotatable bonds is 3. The summed E-state index contributed by atoms with van der Waals surface area (Å²) in [7, 11) is 0. The number of aryl methyl sites for hydroxylation is 1. The van der Waals surface area contributed by atoms with E-state index in [0.29, 0.717) is 16.5 Å². The lowest BCUT2D eigenvalue weighted by Gasteiger charge is -2.13. The number of esters is 1. The van der Waals surface area contributed by atoms with Crippen LogP contribution in [0.5, 0.6) is 5.75 Å². The average molecular weight is 260 g/mol. The van der Waals surface area contributed by atoms with Gasteiger partial charge in [0.1, 0.15) is 10.6 Å². The standard InChI is InChI=1S/C15H16O2S/c1-10(2)12-7-6-11(3)9-13(12)17-15(16)14-5-4-8-18-14/h4-10H,1-3H3. The first-order valence-electron chi connectivity index (χ1n) is 5.94.